The molecule has 0 saturated carbocycles. The topological polar surface area (TPSA) is 71.5 Å². The fourth-order valence-corrected chi connectivity index (χ4v) is 6.38. The number of sulfone groups is 1. The summed E-state index contributed by atoms with van der Waals surface area (Å²) in [6, 6.07) is 17.6. The highest BCUT2D eigenvalue weighted by molar-refractivity contribution is 7.92. The average molecular weight is 380 g/mol. The van der Waals surface area contributed by atoms with Crippen LogP contribution in [0.1, 0.15) is 12.0 Å². The van der Waals surface area contributed by atoms with E-state index in [4.69, 9.17) is 0 Å². The molecule has 1 aliphatic heterocycles. The van der Waals surface area contributed by atoms with Crippen molar-refractivity contribution in [1.29, 1.82) is 0 Å². The van der Waals surface area contributed by atoms with Crippen LogP contribution in [0.15, 0.2) is 65.6 Å². The van der Waals surface area contributed by atoms with E-state index in [0.29, 0.717) is 12.8 Å². The lowest BCUT2D eigenvalue weighted by atomic mass is 10.2. The molecule has 1 aliphatic rings. The van der Waals surface area contributed by atoms with E-state index in [-0.39, 0.29) is 23.7 Å². The van der Waals surface area contributed by atoms with Crippen LogP contribution in [-0.2, 0) is 26.3 Å². The van der Waals surface area contributed by atoms with Crippen molar-refractivity contribution in [3.05, 3.63) is 66.2 Å². The quantitative estimate of drug-likeness (QED) is 0.771. The Labute approximate surface area is 149 Å². The molecule has 3 rings (SSSR count). The molecule has 0 amide bonds. The number of benzene rings is 2. The summed E-state index contributed by atoms with van der Waals surface area (Å²) in [7, 11) is -6.97. The highest BCUT2D eigenvalue weighted by Crippen LogP contribution is 2.25. The largest absolute Gasteiger partial charge is 0.223 e. The Morgan fingerprint density at radius 2 is 1.48 bits per heavy atom. The SMILES string of the molecule is O=S(=O)(c1ccccc1)C1CCN(S(=O)(=O)CCc2ccccc2)C1. The van der Waals surface area contributed by atoms with Gasteiger partial charge < -0.3 is 0 Å². The summed E-state index contributed by atoms with van der Waals surface area (Å²) >= 11 is 0. The maximum absolute atomic E-state index is 12.7. The number of sulfonamides is 1. The number of hydrogen-bond acceptors (Lipinski definition) is 4. The van der Waals surface area contributed by atoms with E-state index in [1.54, 1.807) is 30.3 Å². The minimum absolute atomic E-state index is 0.00484. The summed E-state index contributed by atoms with van der Waals surface area (Å²) in [5.74, 6) is -0.00484. The van der Waals surface area contributed by atoms with Crippen LogP contribution in [0.4, 0.5) is 0 Å². The molecular weight excluding hydrogens is 358 g/mol. The minimum Gasteiger partial charge on any atom is -0.223 e. The molecule has 134 valence electrons. The van der Waals surface area contributed by atoms with E-state index in [1.807, 2.05) is 30.3 Å². The molecular formula is C18H21NO4S2. The van der Waals surface area contributed by atoms with Gasteiger partial charge in [-0.1, -0.05) is 48.5 Å². The van der Waals surface area contributed by atoms with Crippen LogP contribution >= 0.6 is 0 Å². The number of rotatable bonds is 6. The first-order chi connectivity index (χ1) is 11.9. The van der Waals surface area contributed by atoms with Crippen LogP contribution in [0.2, 0.25) is 0 Å². The zero-order chi connectivity index (χ0) is 17.9. The van der Waals surface area contributed by atoms with E-state index in [9.17, 15) is 16.8 Å². The van der Waals surface area contributed by atoms with Crippen LogP contribution in [0.25, 0.3) is 0 Å². The first-order valence-electron chi connectivity index (χ1n) is 8.20. The zero-order valence-electron chi connectivity index (χ0n) is 13.8. The summed E-state index contributed by atoms with van der Waals surface area (Å²) in [5, 5.41) is -0.679. The zero-order valence-corrected chi connectivity index (χ0v) is 15.4. The molecule has 2 aromatic rings. The summed E-state index contributed by atoms with van der Waals surface area (Å²) < 4.78 is 51.7. The summed E-state index contributed by atoms with van der Waals surface area (Å²) in [6.07, 6.45) is 0.761. The molecule has 1 atom stereocenters. The lowest BCUT2D eigenvalue weighted by Gasteiger charge is -2.17. The van der Waals surface area contributed by atoms with Gasteiger partial charge in [0.1, 0.15) is 0 Å². The molecule has 0 bridgehead atoms. The van der Waals surface area contributed by atoms with Crippen molar-refractivity contribution in [2.45, 2.75) is 23.0 Å². The molecule has 25 heavy (non-hydrogen) atoms. The van der Waals surface area contributed by atoms with Crippen molar-refractivity contribution in [3.8, 4) is 0 Å². The smallest absolute Gasteiger partial charge is 0.214 e. The van der Waals surface area contributed by atoms with Gasteiger partial charge in [0.2, 0.25) is 10.0 Å². The van der Waals surface area contributed by atoms with Crippen molar-refractivity contribution in [3.63, 3.8) is 0 Å². The third-order valence-electron chi connectivity index (χ3n) is 4.50. The Bertz CT molecular complexity index is 910. The first kappa shape index (κ1) is 18.1. The predicted molar refractivity (Wildman–Crippen MR) is 97.5 cm³/mol. The van der Waals surface area contributed by atoms with Gasteiger partial charge in [0.25, 0.3) is 0 Å². The van der Waals surface area contributed by atoms with E-state index in [2.05, 4.69) is 0 Å². The van der Waals surface area contributed by atoms with Crippen LogP contribution in [-0.4, -0.2) is 45.2 Å². The van der Waals surface area contributed by atoms with Gasteiger partial charge in [-0.3, -0.25) is 0 Å². The van der Waals surface area contributed by atoms with Crippen LogP contribution < -0.4 is 0 Å². The lowest BCUT2D eigenvalue weighted by molar-refractivity contribution is 0.476. The van der Waals surface area contributed by atoms with Gasteiger partial charge in [0.05, 0.1) is 15.9 Å². The second-order valence-electron chi connectivity index (χ2n) is 6.18. The number of hydrogen-bond donors (Lipinski definition) is 0. The predicted octanol–water partition coefficient (Wildman–Crippen LogP) is 2.11. The normalized spacial score (nSPS) is 19.1. The average Bonchev–Trinajstić information content (AvgIpc) is 3.14. The lowest BCUT2D eigenvalue weighted by Crippen LogP contribution is -2.34. The first-order valence-corrected chi connectivity index (χ1v) is 11.4. The third kappa shape index (κ3) is 4.11. The van der Waals surface area contributed by atoms with E-state index in [0.717, 1.165) is 5.56 Å². The Balaban J connectivity index is 1.67. The number of nitrogens with zero attached hydrogens (tertiary/aromatic N) is 1. The van der Waals surface area contributed by atoms with Gasteiger partial charge in [-0.15, -0.1) is 0 Å². The summed E-state index contributed by atoms with van der Waals surface area (Å²) in [6.45, 7) is 0.294. The molecule has 1 fully saturated rings. The Kier molecular flexibility index (Phi) is 5.27. The van der Waals surface area contributed by atoms with Crippen LogP contribution in [0.3, 0.4) is 0 Å². The van der Waals surface area contributed by atoms with Gasteiger partial charge in [0, 0.05) is 13.1 Å². The molecule has 0 N–H and O–H groups in total. The third-order valence-corrected chi connectivity index (χ3v) is 8.53. The van der Waals surface area contributed by atoms with Gasteiger partial charge in [0.15, 0.2) is 9.84 Å². The van der Waals surface area contributed by atoms with Gasteiger partial charge in [-0.25, -0.2) is 21.1 Å². The summed E-state index contributed by atoms with van der Waals surface area (Å²) in [5.41, 5.74) is 0.957. The highest BCUT2D eigenvalue weighted by atomic mass is 32.2. The molecule has 1 heterocycles. The molecule has 2 aromatic carbocycles. The molecule has 0 radical (unpaired) electrons. The van der Waals surface area contributed by atoms with E-state index in [1.165, 1.54) is 4.31 Å². The molecule has 7 heteroatoms. The molecule has 0 spiro atoms. The van der Waals surface area contributed by atoms with Crippen LogP contribution in [0, 0.1) is 0 Å². The van der Waals surface area contributed by atoms with Crippen molar-refractivity contribution >= 4 is 19.9 Å². The maximum Gasteiger partial charge on any atom is 0.214 e. The molecule has 0 aromatic heterocycles. The van der Waals surface area contributed by atoms with Crippen molar-refractivity contribution in [2.75, 3.05) is 18.8 Å². The molecule has 1 saturated heterocycles. The van der Waals surface area contributed by atoms with Gasteiger partial charge >= 0.3 is 0 Å². The van der Waals surface area contributed by atoms with Crippen molar-refractivity contribution < 1.29 is 16.8 Å². The minimum atomic E-state index is -3.51. The highest BCUT2D eigenvalue weighted by Gasteiger charge is 2.38. The van der Waals surface area contributed by atoms with Gasteiger partial charge in [-0.2, -0.15) is 0 Å². The van der Waals surface area contributed by atoms with Gasteiger partial charge in [-0.05, 0) is 30.5 Å². The Morgan fingerprint density at radius 3 is 2.12 bits per heavy atom. The molecule has 1 unspecified atom stereocenters. The molecule has 5 nitrogen and oxygen atoms in total. The second kappa shape index (κ2) is 7.27. The van der Waals surface area contributed by atoms with E-state index >= 15 is 0 Å². The standard InChI is InChI=1S/C18H21NO4S2/c20-24(21,14-12-16-7-3-1-4-8-16)19-13-11-18(15-19)25(22,23)17-9-5-2-6-10-17/h1-10,18H,11-15H2. The van der Waals surface area contributed by atoms with E-state index < -0.39 is 25.1 Å². The Hall–Kier alpha value is -1.70. The maximum atomic E-state index is 12.7. The van der Waals surface area contributed by atoms with Crippen molar-refractivity contribution in [1.82, 2.24) is 4.31 Å². The monoisotopic (exact) mass is 379 g/mol. The summed E-state index contributed by atoms with van der Waals surface area (Å²) in [4.78, 5) is 0.253. The van der Waals surface area contributed by atoms with Crippen molar-refractivity contribution in [2.24, 2.45) is 0 Å². The fourth-order valence-electron chi connectivity index (χ4n) is 3.03. The number of aryl methyl sites for hydroxylation is 1. The fraction of sp³-hybridized carbons (Fsp3) is 0.333. The van der Waals surface area contributed by atoms with Crippen LogP contribution in [0.5, 0.6) is 0 Å². The molecule has 0 aliphatic carbocycles. The Morgan fingerprint density at radius 1 is 0.880 bits per heavy atom. The second-order valence-corrected chi connectivity index (χ2v) is 10.5.